The molecule has 1 aromatic rings. The van der Waals surface area contributed by atoms with E-state index >= 15 is 0 Å². The van der Waals surface area contributed by atoms with E-state index < -0.39 is 15.6 Å². The van der Waals surface area contributed by atoms with E-state index in [2.05, 4.69) is 5.32 Å². The third-order valence-electron chi connectivity index (χ3n) is 3.24. The maximum absolute atomic E-state index is 11.9. The summed E-state index contributed by atoms with van der Waals surface area (Å²) >= 11 is 0. The van der Waals surface area contributed by atoms with Crippen molar-refractivity contribution in [3.8, 4) is 0 Å². The molecule has 0 atom stereocenters. The first-order valence-corrected chi connectivity index (χ1v) is 9.24. The predicted octanol–water partition coefficient (Wildman–Crippen LogP) is 1.80. The van der Waals surface area contributed by atoms with Crippen LogP contribution in [0.15, 0.2) is 30.3 Å². The lowest BCUT2D eigenvalue weighted by Gasteiger charge is -2.32. The average molecular weight is 326 g/mol. The lowest BCUT2D eigenvalue weighted by Crippen LogP contribution is -2.50. The fourth-order valence-corrected chi connectivity index (χ4v) is 3.55. The molecule has 0 saturated heterocycles. The maximum atomic E-state index is 11.9. The summed E-state index contributed by atoms with van der Waals surface area (Å²) in [5.74, 6) is -0.270. The van der Waals surface area contributed by atoms with Crippen LogP contribution in [0.1, 0.15) is 32.8 Å². The Hall–Kier alpha value is -1.40. The molecule has 0 aliphatic rings. The standard InChI is InChI=1S/C16H26N2O3S/c1-16(2,3)18(22(4,20)21)13-15(19)17-12-8-11-14-9-6-5-7-10-14/h5-7,9-10H,8,11-13H2,1-4H3,(H,17,19). The molecule has 6 heteroatoms. The monoisotopic (exact) mass is 326 g/mol. The van der Waals surface area contributed by atoms with E-state index in [-0.39, 0.29) is 12.5 Å². The molecule has 0 aliphatic heterocycles. The van der Waals surface area contributed by atoms with Crippen LogP contribution in [0.2, 0.25) is 0 Å². The Kier molecular flexibility index (Phi) is 6.56. The van der Waals surface area contributed by atoms with Gasteiger partial charge in [-0.25, -0.2) is 8.42 Å². The average Bonchev–Trinajstić information content (AvgIpc) is 2.40. The number of benzene rings is 1. The van der Waals surface area contributed by atoms with Crippen molar-refractivity contribution < 1.29 is 13.2 Å². The van der Waals surface area contributed by atoms with Crippen LogP contribution in [-0.4, -0.2) is 43.5 Å². The summed E-state index contributed by atoms with van der Waals surface area (Å²) in [4.78, 5) is 11.9. The molecule has 0 heterocycles. The van der Waals surface area contributed by atoms with Gasteiger partial charge in [-0.2, -0.15) is 4.31 Å². The van der Waals surface area contributed by atoms with Gasteiger partial charge in [-0.15, -0.1) is 0 Å². The van der Waals surface area contributed by atoms with Crippen molar-refractivity contribution in [1.82, 2.24) is 9.62 Å². The van der Waals surface area contributed by atoms with E-state index in [4.69, 9.17) is 0 Å². The van der Waals surface area contributed by atoms with Gasteiger partial charge in [-0.3, -0.25) is 4.79 Å². The first kappa shape index (κ1) is 18.6. The molecule has 1 aromatic carbocycles. The van der Waals surface area contributed by atoms with E-state index in [0.717, 1.165) is 19.1 Å². The van der Waals surface area contributed by atoms with Gasteiger partial charge in [0.15, 0.2) is 0 Å². The summed E-state index contributed by atoms with van der Waals surface area (Å²) in [5.41, 5.74) is 0.610. The van der Waals surface area contributed by atoms with E-state index in [9.17, 15) is 13.2 Å². The molecule has 0 spiro atoms. The molecule has 0 aromatic heterocycles. The Bertz CT molecular complexity index is 577. The lowest BCUT2D eigenvalue weighted by molar-refractivity contribution is -0.122. The molecule has 0 radical (unpaired) electrons. The molecule has 22 heavy (non-hydrogen) atoms. The van der Waals surface area contributed by atoms with Crippen LogP contribution in [-0.2, 0) is 21.2 Å². The smallest absolute Gasteiger partial charge is 0.235 e. The van der Waals surface area contributed by atoms with Crippen LogP contribution in [0, 0.1) is 0 Å². The van der Waals surface area contributed by atoms with Gasteiger partial charge in [-0.05, 0) is 39.2 Å². The molecule has 0 bridgehead atoms. The van der Waals surface area contributed by atoms with Crippen molar-refractivity contribution in [1.29, 1.82) is 0 Å². The molecule has 0 aliphatic carbocycles. The molecule has 1 amide bonds. The van der Waals surface area contributed by atoms with Gasteiger partial charge in [0, 0.05) is 12.1 Å². The van der Waals surface area contributed by atoms with Crippen molar-refractivity contribution in [2.24, 2.45) is 0 Å². The number of carbonyl (C=O) groups excluding carboxylic acids is 1. The van der Waals surface area contributed by atoms with Gasteiger partial charge in [0.25, 0.3) is 0 Å². The van der Waals surface area contributed by atoms with Gasteiger partial charge in [0.1, 0.15) is 0 Å². The molecule has 5 nitrogen and oxygen atoms in total. The topological polar surface area (TPSA) is 66.5 Å². The van der Waals surface area contributed by atoms with Gasteiger partial charge < -0.3 is 5.32 Å². The van der Waals surface area contributed by atoms with Gasteiger partial charge >= 0.3 is 0 Å². The molecular weight excluding hydrogens is 300 g/mol. The van der Waals surface area contributed by atoms with Crippen molar-refractivity contribution in [3.63, 3.8) is 0 Å². The Morgan fingerprint density at radius 3 is 2.27 bits per heavy atom. The number of carbonyl (C=O) groups is 1. The van der Waals surface area contributed by atoms with Crippen molar-refractivity contribution in [3.05, 3.63) is 35.9 Å². The third-order valence-corrected chi connectivity index (χ3v) is 4.72. The number of sulfonamides is 1. The predicted molar refractivity (Wildman–Crippen MR) is 89.1 cm³/mol. The highest BCUT2D eigenvalue weighted by molar-refractivity contribution is 7.88. The largest absolute Gasteiger partial charge is 0.355 e. The number of amides is 1. The van der Waals surface area contributed by atoms with Gasteiger partial charge in [0.05, 0.1) is 12.8 Å². The highest BCUT2D eigenvalue weighted by Crippen LogP contribution is 2.16. The van der Waals surface area contributed by atoms with Crippen LogP contribution in [0.25, 0.3) is 0 Å². The zero-order chi connectivity index (χ0) is 16.8. The van der Waals surface area contributed by atoms with Crippen LogP contribution in [0.5, 0.6) is 0 Å². The highest BCUT2D eigenvalue weighted by Gasteiger charge is 2.31. The van der Waals surface area contributed by atoms with Crippen molar-refractivity contribution in [2.45, 2.75) is 39.2 Å². The second kappa shape index (κ2) is 7.74. The number of nitrogens with zero attached hydrogens (tertiary/aromatic N) is 1. The fourth-order valence-electron chi connectivity index (χ4n) is 2.20. The number of nitrogens with one attached hydrogen (secondary N) is 1. The Balaban J connectivity index is 2.42. The molecule has 0 fully saturated rings. The van der Waals surface area contributed by atoms with Gasteiger partial charge in [-0.1, -0.05) is 30.3 Å². The minimum Gasteiger partial charge on any atom is -0.355 e. The Morgan fingerprint density at radius 2 is 1.77 bits per heavy atom. The first-order valence-electron chi connectivity index (χ1n) is 7.39. The summed E-state index contributed by atoms with van der Waals surface area (Å²) in [5, 5.41) is 2.78. The minimum absolute atomic E-state index is 0.145. The number of hydrogen-bond donors (Lipinski definition) is 1. The van der Waals surface area contributed by atoms with Crippen LogP contribution < -0.4 is 5.32 Å². The zero-order valence-corrected chi connectivity index (χ0v) is 14.6. The molecular formula is C16H26N2O3S. The normalized spacial score (nSPS) is 12.4. The van der Waals surface area contributed by atoms with Crippen LogP contribution in [0.4, 0.5) is 0 Å². The van der Waals surface area contributed by atoms with E-state index in [1.54, 1.807) is 20.8 Å². The van der Waals surface area contributed by atoms with Crippen molar-refractivity contribution in [2.75, 3.05) is 19.3 Å². The summed E-state index contributed by atoms with van der Waals surface area (Å²) in [7, 11) is -3.42. The highest BCUT2D eigenvalue weighted by atomic mass is 32.2. The Morgan fingerprint density at radius 1 is 1.18 bits per heavy atom. The molecule has 0 saturated carbocycles. The van der Waals surface area contributed by atoms with Crippen LogP contribution in [0.3, 0.4) is 0 Å². The molecule has 1 N–H and O–H groups in total. The van der Waals surface area contributed by atoms with E-state index in [0.29, 0.717) is 6.54 Å². The summed E-state index contributed by atoms with van der Waals surface area (Å²) in [6, 6.07) is 10.0. The SMILES string of the molecule is CC(C)(C)N(CC(=O)NCCCc1ccccc1)S(C)(=O)=O. The quantitative estimate of drug-likeness (QED) is 0.777. The summed E-state index contributed by atoms with van der Waals surface area (Å²) in [6.45, 7) is 5.72. The third kappa shape index (κ3) is 6.58. The van der Waals surface area contributed by atoms with Crippen LogP contribution >= 0.6 is 0 Å². The van der Waals surface area contributed by atoms with E-state index in [1.165, 1.54) is 9.87 Å². The van der Waals surface area contributed by atoms with Crippen molar-refractivity contribution >= 4 is 15.9 Å². The second-order valence-corrected chi connectivity index (χ2v) is 8.29. The van der Waals surface area contributed by atoms with Gasteiger partial charge in [0.2, 0.25) is 15.9 Å². The zero-order valence-electron chi connectivity index (χ0n) is 13.8. The van der Waals surface area contributed by atoms with E-state index in [1.807, 2.05) is 30.3 Å². The second-order valence-electron chi connectivity index (χ2n) is 6.38. The molecule has 0 unspecified atom stereocenters. The summed E-state index contributed by atoms with van der Waals surface area (Å²) < 4.78 is 24.8. The number of hydrogen-bond acceptors (Lipinski definition) is 3. The number of aryl methyl sites for hydroxylation is 1. The molecule has 1 rings (SSSR count). The Labute approximate surface area is 133 Å². The molecule has 124 valence electrons. The fraction of sp³-hybridized carbons (Fsp3) is 0.562. The summed E-state index contributed by atoms with van der Waals surface area (Å²) in [6.07, 6.45) is 2.83. The lowest BCUT2D eigenvalue weighted by atomic mass is 10.1. The minimum atomic E-state index is -3.42. The first-order chi connectivity index (χ1) is 10.1. The maximum Gasteiger partial charge on any atom is 0.235 e. The number of rotatable bonds is 7.